The van der Waals surface area contributed by atoms with Gasteiger partial charge in [-0.25, -0.2) is 0 Å². The number of amides is 1. The number of benzene rings is 1. The second-order valence-corrected chi connectivity index (χ2v) is 4.83. The van der Waals surface area contributed by atoms with Crippen molar-refractivity contribution in [2.45, 2.75) is 19.6 Å². The number of nitrogens with one attached hydrogen (secondary N) is 1. The number of hydrogen-bond acceptors (Lipinski definition) is 6. The van der Waals surface area contributed by atoms with Crippen LogP contribution in [0.5, 0.6) is 0 Å². The van der Waals surface area contributed by atoms with E-state index in [1.165, 1.54) is 31.2 Å². The summed E-state index contributed by atoms with van der Waals surface area (Å²) < 4.78 is 1.55. The molecule has 1 atom stereocenters. The van der Waals surface area contributed by atoms with Crippen LogP contribution in [0.3, 0.4) is 0 Å². The van der Waals surface area contributed by atoms with Crippen molar-refractivity contribution in [2.75, 3.05) is 5.32 Å². The molecule has 0 aliphatic heterocycles. The van der Waals surface area contributed by atoms with Gasteiger partial charge in [-0.1, -0.05) is 11.2 Å². The molecule has 1 amide bonds. The molecule has 0 saturated carbocycles. The Morgan fingerprint density at radius 2 is 2.33 bits per heavy atom. The van der Waals surface area contributed by atoms with E-state index in [4.69, 9.17) is 10.6 Å². The minimum atomic E-state index is -0.930. The Morgan fingerprint density at radius 3 is 3.00 bits per heavy atom. The number of aromatic nitrogens is 2. The fraction of sp³-hybridized carbons (Fsp3) is 0.214. The molecule has 0 bridgehead atoms. The molecule has 10 nitrogen and oxygen atoms in total. The zero-order valence-corrected chi connectivity index (χ0v) is 12.8. The Labute approximate surface area is 137 Å². The standard InChI is InChI=1S/C14H16N6O4/c1-10(24-18-13(15)9-19-7-3-6-16-19)14(21)17-11-4-2-5-12(8-11)20(22)23/h2-8,10H,9H2,1H3,(H2,15,18)(H,17,21)/t10-/m0/s1. The molecule has 0 unspecified atom stereocenters. The molecule has 1 aromatic heterocycles. The summed E-state index contributed by atoms with van der Waals surface area (Å²) >= 11 is 0. The van der Waals surface area contributed by atoms with E-state index in [1.54, 1.807) is 23.1 Å². The van der Waals surface area contributed by atoms with Crippen LogP contribution in [0, 0.1) is 10.1 Å². The van der Waals surface area contributed by atoms with Gasteiger partial charge in [0.05, 0.1) is 4.92 Å². The van der Waals surface area contributed by atoms with Crippen LogP contribution in [0.15, 0.2) is 47.9 Å². The van der Waals surface area contributed by atoms with Gasteiger partial charge in [0.1, 0.15) is 6.54 Å². The zero-order chi connectivity index (χ0) is 17.5. The Morgan fingerprint density at radius 1 is 1.54 bits per heavy atom. The van der Waals surface area contributed by atoms with Gasteiger partial charge >= 0.3 is 0 Å². The Hall–Kier alpha value is -3.43. The summed E-state index contributed by atoms with van der Waals surface area (Å²) in [5.74, 6) is -0.361. The van der Waals surface area contributed by atoms with Crippen molar-refractivity contribution in [3.63, 3.8) is 0 Å². The number of anilines is 1. The average molecular weight is 332 g/mol. The third-order valence-electron chi connectivity index (χ3n) is 2.90. The number of amidine groups is 1. The number of hydrogen-bond donors (Lipinski definition) is 2. The summed E-state index contributed by atoms with van der Waals surface area (Å²) in [6.45, 7) is 1.71. The Balaban J connectivity index is 1.90. The lowest BCUT2D eigenvalue weighted by atomic mass is 10.2. The first-order chi connectivity index (χ1) is 11.5. The fourth-order valence-corrected chi connectivity index (χ4v) is 1.72. The number of nitro groups is 1. The summed E-state index contributed by atoms with van der Waals surface area (Å²) in [6, 6.07) is 7.32. The molecule has 2 aromatic rings. The summed E-state index contributed by atoms with van der Waals surface area (Å²) in [5, 5.41) is 20.9. The predicted molar refractivity (Wildman–Crippen MR) is 86.1 cm³/mol. The lowest BCUT2D eigenvalue weighted by Crippen LogP contribution is -2.28. The molecule has 2 rings (SSSR count). The molecule has 0 spiro atoms. The van der Waals surface area contributed by atoms with E-state index in [-0.39, 0.29) is 23.8 Å². The maximum atomic E-state index is 12.0. The first-order valence-electron chi connectivity index (χ1n) is 6.96. The van der Waals surface area contributed by atoms with Gasteiger partial charge in [-0.05, 0) is 19.1 Å². The van der Waals surface area contributed by atoms with Crippen molar-refractivity contribution in [3.8, 4) is 0 Å². The maximum absolute atomic E-state index is 12.0. The molecular formula is C14H16N6O4. The largest absolute Gasteiger partial charge is 0.383 e. The van der Waals surface area contributed by atoms with E-state index >= 15 is 0 Å². The third kappa shape index (κ3) is 4.80. The van der Waals surface area contributed by atoms with Gasteiger partial charge in [0.15, 0.2) is 5.84 Å². The van der Waals surface area contributed by atoms with Gasteiger partial charge < -0.3 is 15.9 Å². The summed E-state index contributed by atoms with van der Waals surface area (Å²) in [7, 11) is 0. The number of non-ortho nitro benzene ring substituents is 1. The van der Waals surface area contributed by atoms with Gasteiger partial charge in [-0.2, -0.15) is 5.10 Å². The second-order valence-electron chi connectivity index (χ2n) is 4.83. The van der Waals surface area contributed by atoms with Crippen LogP contribution in [-0.2, 0) is 16.2 Å². The van der Waals surface area contributed by atoms with Gasteiger partial charge in [-0.3, -0.25) is 19.6 Å². The molecule has 126 valence electrons. The van der Waals surface area contributed by atoms with Crippen LogP contribution in [-0.4, -0.2) is 32.6 Å². The summed E-state index contributed by atoms with van der Waals surface area (Å²) in [5.41, 5.74) is 5.84. The summed E-state index contributed by atoms with van der Waals surface area (Å²) in [6.07, 6.45) is 2.38. The highest BCUT2D eigenvalue weighted by atomic mass is 16.6. The monoisotopic (exact) mass is 332 g/mol. The SMILES string of the molecule is C[C@H](O/N=C(\N)Cn1cccn1)C(=O)Nc1cccc([N+](=O)[O-])c1. The number of rotatable bonds is 7. The van der Waals surface area contributed by atoms with E-state index < -0.39 is 16.9 Å². The molecule has 10 heteroatoms. The molecule has 3 N–H and O–H groups in total. The molecule has 24 heavy (non-hydrogen) atoms. The second kappa shape index (κ2) is 7.72. The third-order valence-corrected chi connectivity index (χ3v) is 2.90. The first-order valence-corrected chi connectivity index (χ1v) is 6.96. The Bertz CT molecular complexity index is 743. The highest BCUT2D eigenvalue weighted by Gasteiger charge is 2.16. The van der Waals surface area contributed by atoms with E-state index in [0.717, 1.165) is 0 Å². The van der Waals surface area contributed by atoms with Crippen molar-refractivity contribution in [2.24, 2.45) is 10.9 Å². The molecule has 0 radical (unpaired) electrons. The molecule has 0 aliphatic rings. The highest BCUT2D eigenvalue weighted by Crippen LogP contribution is 2.17. The van der Waals surface area contributed by atoms with Crippen molar-refractivity contribution in [1.82, 2.24) is 9.78 Å². The number of carbonyl (C=O) groups is 1. The lowest BCUT2D eigenvalue weighted by molar-refractivity contribution is -0.384. The van der Waals surface area contributed by atoms with Gasteiger partial charge in [-0.15, -0.1) is 0 Å². The van der Waals surface area contributed by atoms with Crippen LogP contribution in [0.1, 0.15) is 6.92 Å². The zero-order valence-electron chi connectivity index (χ0n) is 12.8. The van der Waals surface area contributed by atoms with E-state index in [0.29, 0.717) is 0 Å². The van der Waals surface area contributed by atoms with Crippen LogP contribution >= 0.6 is 0 Å². The van der Waals surface area contributed by atoms with Crippen LogP contribution in [0.2, 0.25) is 0 Å². The smallest absolute Gasteiger partial charge is 0.271 e. The average Bonchev–Trinajstić information content (AvgIpc) is 3.05. The minimum absolute atomic E-state index is 0.122. The highest BCUT2D eigenvalue weighted by molar-refractivity contribution is 5.94. The molecular weight excluding hydrogens is 316 g/mol. The van der Waals surface area contributed by atoms with Crippen LogP contribution in [0.4, 0.5) is 11.4 Å². The molecule has 0 saturated heterocycles. The van der Waals surface area contributed by atoms with Gasteiger partial charge in [0.2, 0.25) is 6.10 Å². The quantitative estimate of drug-likeness (QED) is 0.337. The normalized spacial score (nSPS) is 12.5. The minimum Gasteiger partial charge on any atom is -0.383 e. The van der Waals surface area contributed by atoms with Crippen molar-refractivity contribution in [1.29, 1.82) is 0 Å². The van der Waals surface area contributed by atoms with Gasteiger partial charge in [0.25, 0.3) is 11.6 Å². The number of nitrogens with zero attached hydrogens (tertiary/aromatic N) is 4. The first kappa shape index (κ1) is 16.9. The summed E-state index contributed by atoms with van der Waals surface area (Å²) in [4.78, 5) is 27.2. The number of carbonyl (C=O) groups excluding carboxylic acids is 1. The van der Waals surface area contributed by atoms with E-state index in [1.807, 2.05) is 0 Å². The predicted octanol–water partition coefficient (Wildman–Crippen LogP) is 1.11. The lowest BCUT2D eigenvalue weighted by Gasteiger charge is -2.11. The van der Waals surface area contributed by atoms with Crippen LogP contribution in [0.25, 0.3) is 0 Å². The number of nitro benzene ring substituents is 1. The molecule has 1 heterocycles. The molecule has 0 aliphatic carbocycles. The number of nitrogens with two attached hydrogens (primary N) is 1. The van der Waals surface area contributed by atoms with Crippen molar-refractivity contribution < 1.29 is 14.6 Å². The van der Waals surface area contributed by atoms with Gasteiger partial charge in [0, 0.05) is 30.2 Å². The van der Waals surface area contributed by atoms with E-state index in [2.05, 4.69) is 15.6 Å². The van der Waals surface area contributed by atoms with Crippen LogP contribution < -0.4 is 11.1 Å². The Kier molecular flexibility index (Phi) is 5.45. The van der Waals surface area contributed by atoms with E-state index in [9.17, 15) is 14.9 Å². The molecule has 1 aromatic carbocycles. The number of oxime groups is 1. The van der Waals surface area contributed by atoms with Crippen molar-refractivity contribution >= 4 is 23.1 Å². The maximum Gasteiger partial charge on any atom is 0.271 e. The molecule has 0 fully saturated rings. The topological polar surface area (TPSA) is 138 Å². The van der Waals surface area contributed by atoms with Crippen molar-refractivity contribution in [3.05, 3.63) is 52.8 Å². The fourth-order valence-electron chi connectivity index (χ4n) is 1.72.